The molecule has 0 spiro atoms. The van der Waals surface area contributed by atoms with Gasteiger partial charge in [-0.1, -0.05) is 29.8 Å². The molecule has 3 rings (SSSR count). The lowest BCUT2D eigenvalue weighted by molar-refractivity contribution is 0.381. The molecule has 108 valence electrons. The van der Waals surface area contributed by atoms with E-state index >= 15 is 0 Å². The van der Waals surface area contributed by atoms with Crippen molar-refractivity contribution in [1.82, 2.24) is 0 Å². The number of allylic oxidation sites excluding steroid dienone is 1. The highest BCUT2D eigenvalue weighted by atomic mass is 19.2. The van der Waals surface area contributed by atoms with Crippen LogP contribution in [0.4, 0.5) is 22.0 Å². The molecule has 0 aliphatic heterocycles. The van der Waals surface area contributed by atoms with Crippen LogP contribution in [0.2, 0.25) is 0 Å². The second kappa shape index (κ2) is 4.69. The molecule has 0 heterocycles. The fourth-order valence-corrected chi connectivity index (χ4v) is 2.61. The number of benzene rings is 2. The van der Waals surface area contributed by atoms with E-state index in [2.05, 4.69) is 0 Å². The van der Waals surface area contributed by atoms with Crippen molar-refractivity contribution in [1.29, 1.82) is 0 Å². The normalized spacial score (nSPS) is 13.3. The van der Waals surface area contributed by atoms with Crippen molar-refractivity contribution in [2.75, 3.05) is 0 Å². The lowest BCUT2D eigenvalue weighted by atomic mass is 9.95. The maximum absolute atomic E-state index is 13.9. The molecule has 21 heavy (non-hydrogen) atoms. The Morgan fingerprint density at radius 1 is 0.810 bits per heavy atom. The molecule has 0 aromatic heterocycles. The molecule has 2 aromatic carbocycles. The van der Waals surface area contributed by atoms with Gasteiger partial charge in [-0.05, 0) is 30.0 Å². The van der Waals surface area contributed by atoms with E-state index in [0.29, 0.717) is 12.0 Å². The molecule has 0 saturated heterocycles. The molecule has 0 fully saturated rings. The van der Waals surface area contributed by atoms with Gasteiger partial charge in [0, 0.05) is 0 Å². The van der Waals surface area contributed by atoms with E-state index in [1.807, 2.05) is 13.0 Å². The summed E-state index contributed by atoms with van der Waals surface area (Å²) in [6, 6.07) is 4.63. The molecule has 0 atom stereocenters. The molecule has 1 aliphatic carbocycles. The summed E-state index contributed by atoms with van der Waals surface area (Å²) >= 11 is 0. The summed E-state index contributed by atoms with van der Waals surface area (Å²) in [5.41, 5.74) is 1.42. The van der Waals surface area contributed by atoms with Gasteiger partial charge in [0.2, 0.25) is 5.82 Å². The van der Waals surface area contributed by atoms with E-state index in [-0.39, 0.29) is 5.56 Å². The van der Waals surface area contributed by atoms with E-state index in [4.69, 9.17) is 0 Å². The minimum atomic E-state index is -2.14. The number of fused-ring (bicyclic) bond motifs is 1. The molecular weight excluding hydrogens is 287 g/mol. The van der Waals surface area contributed by atoms with Crippen molar-refractivity contribution in [2.45, 2.75) is 13.3 Å². The van der Waals surface area contributed by atoms with Crippen molar-refractivity contribution in [3.05, 3.63) is 64.0 Å². The smallest absolute Gasteiger partial charge is 0.200 e. The molecule has 2 aromatic rings. The molecule has 0 saturated carbocycles. The quantitative estimate of drug-likeness (QED) is 0.394. The zero-order valence-corrected chi connectivity index (χ0v) is 10.9. The lowest BCUT2D eigenvalue weighted by Crippen LogP contribution is -2.05. The molecule has 5 heteroatoms. The summed E-state index contributed by atoms with van der Waals surface area (Å²) < 4.78 is 67.6. The van der Waals surface area contributed by atoms with Crippen LogP contribution in [0.5, 0.6) is 0 Å². The number of rotatable bonds is 1. The third-order valence-corrected chi connectivity index (χ3v) is 3.55. The summed E-state index contributed by atoms with van der Waals surface area (Å²) in [7, 11) is 0. The molecular formula is C16H9F5. The van der Waals surface area contributed by atoms with Gasteiger partial charge in [-0.2, -0.15) is 0 Å². The standard InChI is InChI=1S/C16H9F5/c1-7-5-8-3-2-4-9(10(8)6-7)11-12(17)14(19)16(21)15(20)13(11)18/h2-5H,6H2,1H3. The Morgan fingerprint density at radius 2 is 1.38 bits per heavy atom. The van der Waals surface area contributed by atoms with Crippen molar-refractivity contribution in [3.8, 4) is 11.1 Å². The van der Waals surface area contributed by atoms with Crippen LogP contribution in [-0.4, -0.2) is 0 Å². The van der Waals surface area contributed by atoms with Crippen LogP contribution in [0.25, 0.3) is 17.2 Å². The minimum absolute atomic E-state index is 0.0356. The highest BCUT2D eigenvalue weighted by Crippen LogP contribution is 2.38. The summed E-state index contributed by atoms with van der Waals surface area (Å²) in [5, 5.41) is 0. The zero-order valence-electron chi connectivity index (χ0n) is 10.9. The average molecular weight is 296 g/mol. The molecule has 0 amide bonds. The molecule has 0 bridgehead atoms. The maximum atomic E-state index is 13.9. The summed E-state index contributed by atoms with van der Waals surface area (Å²) in [5.74, 6) is -9.60. The van der Waals surface area contributed by atoms with Gasteiger partial charge in [0.15, 0.2) is 23.3 Å². The Morgan fingerprint density at radius 3 is 2.00 bits per heavy atom. The van der Waals surface area contributed by atoms with Crippen molar-refractivity contribution < 1.29 is 22.0 Å². The van der Waals surface area contributed by atoms with E-state index in [1.54, 1.807) is 6.07 Å². The van der Waals surface area contributed by atoms with Gasteiger partial charge in [0.05, 0.1) is 5.56 Å². The third kappa shape index (κ3) is 1.95. The summed E-state index contributed by atoms with van der Waals surface area (Å²) in [6.45, 7) is 1.84. The highest BCUT2D eigenvalue weighted by molar-refractivity contribution is 5.77. The first-order valence-electron chi connectivity index (χ1n) is 6.22. The molecule has 0 unspecified atom stereocenters. The van der Waals surface area contributed by atoms with Crippen LogP contribution in [-0.2, 0) is 6.42 Å². The molecule has 0 N–H and O–H groups in total. The topological polar surface area (TPSA) is 0 Å². The summed E-state index contributed by atoms with van der Waals surface area (Å²) in [4.78, 5) is 0. The number of hydrogen-bond donors (Lipinski definition) is 0. The van der Waals surface area contributed by atoms with E-state index in [1.165, 1.54) is 12.1 Å². The van der Waals surface area contributed by atoms with Gasteiger partial charge in [0.25, 0.3) is 0 Å². The Bertz CT molecular complexity index is 761. The minimum Gasteiger partial charge on any atom is -0.203 e. The van der Waals surface area contributed by atoms with Crippen LogP contribution in [0.3, 0.4) is 0 Å². The van der Waals surface area contributed by atoms with Crippen molar-refractivity contribution in [2.24, 2.45) is 0 Å². The van der Waals surface area contributed by atoms with E-state index < -0.39 is 34.6 Å². The SMILES string of the molecule is CC1=Cc2cccc(-c3c(F)c(F)c(F)c(F)c3F)c2C1. The number of hydrogen-bond acceptors (Lipinski definition) is 0. The van der Waals surface area contributed by atoms with Gasteiger partial charge in [-0.3, -0.25) is 0 Å². The van der Waals surface area contributed by atoms with Gasteiger partial charge in [-0.15, -0.1) is 0 Å². The predicted molar refractivity (Wildman–Crippen MR) is 69.0 cm³/mol. The van der Waals surface area contributed by atoms with Crippen LogP contribution in [0.15, 0.2) is 23.8 Å². The highest BCUT2D eigenvalue weighted by Gasteiger charge is 2.28. The Balaban J connectivity index is 2.32. The van der Waals surface area contributed by atoms with Gasteiger partial charge in [-0.25, -0.2) is 22.0 Å². The Kier molecular flexibility index (Phi) is 3.08. The van der Waals surface area contributed by atoms with E-state index in [0.717, 1.165) is 11.1 Å². The second-order valence-corrected chi connectivity index (χ2v) is 4.99. The maximum Gasteiger partial charge on any atom is 0.200 e. The van der Waals surface area contributed by atoms with Crippen LogP contribution >= 0.6 is 0 Å². The number of halogens is 5. The third-order valence-electron chi connectivity index (χ3n) is 3.55. The van der Waals surface area contributed by atoms with Crippen LogP contribution < -0.4 is 0 Å². The first kappa shape index (κ1) is 13.8. The first-order valence-corrected chi connectivity index (χ1v) is 6.22. The Hall–Kier alpha value is -2.17. The molecule has 1 aliphatic rings. The lowest BCUT2D eigenvalue weighted by Gasteiger charge is -2.12. The van der Waals surface area contributed by atoms with Crippen molar-refractivity contribution in [3.63, 3.8) is 0 Å². The van der Waals surface area contributed by atoms with Crippen molar-refractivity contribution >= 4 is 6.08 Å². The monoisotopic (exact) mass is 296 g/mol. The zero-order chi connectivity index (χ0) is 15.3. The van der Waals surface area contributed by atoms with E-state index in [9.17, 15) is 22.0 Å². The second-order valence-electron chi connectivity index (χ2n) is 4.99. The van der Waals surface area contributed by atoms with Crippen LogP contribution in [0.1, 0.15) is 18.1 Å². The molecule has 0 radical (unpaired) electrons. The fraction of sp³-hybridized carbons (Fsp3) is 0.125. The fourth-order valence-electron chi connectivity index (χ4n) is 2.61. The average Bonchev–Trinajstić information content (AvgIpc) is 2.84. The summed E-state index contributed by atoms with van der Waals surface area (Å²) in [6.07, 6.45) is 2.25. The predicted octanol–water partition coefficient (Wildman–Crippen LogP) is 5.01. The first-order chi connectivity index (χ1) is 9.91. The van der Waals surface area contributed by atoms with Gasteiger partial charge < -0.3 is 0 Å². The molecule has 0 nitrogen and oxygen atoms in total. The Labute approximate surface area is 117 Å². The van der Waals surface area contributed by atoms with Gasteiger partial charge >= 0.3 is 0 Å². The largest absolute Gasteiger partial charge is 0.203 e. The van der Waals surface area contributed by atoms with Gasteiger partial charge in [0.1, 0.15) is 0 Å². The van der Waals surface area contributed by atoms with Crippen LogP contribution in [0, 0.1) is 29.1 Å².